The van der Waals surface area contributed by atoms with E-state index in [-0.39, 0.29) is 0 Å². The Morgan fingerprint density at radius 1 is 1.70 bits per heavy atom. The molecule has 1 aliphatic rings. The SMILES string of the molecule is N#CCC1CCCC(=O)C1. The summed E-state index contributed by atoms with van der Waals surface area (Å²) in [6.07, 6.45) is 4.01. The summed E-state index contributed by atoms with van der Waals surface area (Å²) in [6, 6.07) is 2.11. The highest BCUT2D eigenvalue weighted by Gasteiger charge is 2.18. The first-order chi connectivity index (χ1) is 4.83. The number of nitriles is 1. The fraction of sp³-hybridized carbons (Fsp3) is 0.750. The van der Waals surface area contributed by atoms with Crippen molar-refractivity contribution in [3.05, 3.63) is 0 Å². The van der Waals surface area contributed by atoms with E-state index >= 15 is 0 Å². The van der Waals surface area contributed by atoms with Gasteiger partial charge in [-0.05, 0) is 18.8 Å². The minimum Gasteiger partial charge on any atom is -0.300 e. The fourth-order valence-electron chi connectivity index (χ4n) is 1.42. The van der Waals surface area contributed by atoms with Crippen molar-refractivity contribution in [1.29, 1.82) is 5.26 Å². The Morgan fingerprint density at radius 3 is 3.10 bits per heavy atom. The molecule has 1 atom stereocenters. The van der Waals surface area contributed by atoms with Gasteiger partial charge in [-0.3, -0.25) is 4.79 Å². The molecule has 1 unspecified atom stereocenters. The molecular formula is C8H11NO. The molecule has 2 heteroatoms. The molecule has 1 saturated carbocycles. The molecule has 0 saturated heterocycles. The van der Waals surface area contributed by atoms with Crippen LogP contribution in [-0.4, -0.2) is 5.78 Å². The Morgan fingerprint density at radius 2 is 2.50 bits per heavy atom. The number of carbonyl (C=O) groups excluding carboxylic acids is 1. The maximum atomic E-state index is 10.8. The quantitative estimate of drug-likeness (QED) is 0.551. The predicted octanol–water partition coefficient (Wildman–Crippen LogP) is 1.66. The molecule has 54 valence electrons. The third-order valence-corrected chi connectivity index (χ3v) is 1.96. The molecule has 1 aliphatic carbocycles. The van der Waals surface area contributed by atoms with Crippen LogP contribution in [-0.2, 0) is 4.79 Å². The Hall–Kier alpha value is -0.840. The molecule has 0 spiro atoms. The van der Waals surface area contributed by atoms with Crippen molar-refractivity contribution in [2.75, 3.05) is 0 Å². The lowest BCUT2D eigenvalue weighted by Crippen LogP contribution is -2.14. The molecule has 0 heterocycles. The molecule has 0 aromatic carbocycles. The topological polar surface area (TPSA) is 40.9 Å². The zero-order valence-corrected chi connectivity index (χ0v) is 5.97. The molecule has 0 aliphatic heterocycles. The first kappa shape index (κ1) is 7.27. The predicted molar refractivity (Wildman–Crippen MR) is 37.2 cm³/mol. The van der Waals surface area contributed by atoms with Crippen LogP contribution in [0.3, 0.4) is 0 Å². The number of Topliss-reactive ketones (excluding diaryl/α,β-unsaturated/α-hetero) is 1. The molecule has 0 N–H and O–H groups in total. The van der Waals surface area contributed by atoms with Crippen molar-refractivity contribution in [2.24, 2.45) is 5.92 Å². The Labute approximate surface area is 60.8 Å². The van der Waals surface area contributed by atoms with Crippen molar-refractivity contribution >= 4 is 5.78 Å². The Bertz CT molecular complexity index is 169. The van der Waals surface area contributed by atoms with E-state index in [4.69, 9.17) is 5.26 Å². The third-order valence-electron chi connectivity index (χ3n) is 1.96. The van der Waals surface area contributed by atoms with E-state index in [1.807, 2.05) is 0 Å². The van der Waals surface area contributed by atoms with Crippen LogP contribution in [0.5, 0.6) is 0 Å². The second-order valence-corrected chi connectivity index (χ2v) is 2.86. The van der Waals surface area contributed by atoms with Gasteiger partial charge in [0.05, 0.1) is 6.07 Å². The summed E-state index contributed by atoms with van der Waals surface area (Å²) in [5.41, 5.74) is 0. The Balaban J connectivity index is 2.34. The van der Waals surface area contributed by atoms with Gasteiger partial charge in [0.1, 0.15) is 5.78 Å². The minimum atomic E-state index is 0.339. The van der Waals surface area contributed by atoms with Gasteiger partial charge in [0, 0.05) is 19.3 Å². The average Bonchev–Trinajstić information content (AvgIpc) is 1.88. The number of hydrogen-bond donors (Lipinski definition) is 0. The molecular weight excluding hydrogens is 126 g/mol. The van der Waals surface area contributed by atoms with E-state index in [0.29, 0.717) is 24.5 Å². The third kappa shape index (κ3) is 1.84. The van der Waals surface area contributed by atoms with Crippen LogP contribution in [0.25, 0.3) is 0 Å². The molecule has 0 amide bonds. The highest BCUT2D eigenvalue weighted by atomic mass is 16.1. The van der Waals surface area contributed by atoms with Crippen molar-refractivity contribution in [1.82, 2.24) is 0 Å². The van der Waals surface area contributed by atoms with Crippen molar-refractivity contribution < 1.29 is 4.79 Å². The summed E-state index contributed by atoms with van der Waals surface area (Å²) >= 11 is 0. The van der Waals surface area contributed by atoms with Gasteiger partial charge in [-0.15, -0.1) is 0 Å². The normalized spacial score (nSPS) is 25.9. The lowest BCUT2D eigenvalue weighted by Gasteiger charge is -2.16. The number of ketones is 1. The summed E-state index contributed by atoms with van der Waals surface area (Å²) in [5.74, 6) is 0.706. The van der Waals surface area contributed by atoms with Crippen LogP contribution < -0.4 is 0 Å². The summed E-state index contributed by atoms with van der Waals surface area (Å²) < 4.78 is 0. The highest BCUT2D eigenvalue weighted by molar-refractivity contribution is 5.79. The van der Waals surface area contributed by atoms with E-state index in [1.54, 1.807) is 0 Å². The molecule has 2 nitrogen and oxygen atoms in total. The summed E-state index contributed by atoms with van der Waals surface area (Å²) in [6.45, 7) is 0. The second-order valence-electron chi connectivity index (χ2n) is 2.86. The molecule has 0 radical (unpaired) electrons. The van der Waals surface area contributed by atoms with Gasteiger partial charge in [-0.2, -0.15) is 5.26 Å². The van der Waals surface area contributed by atoms with E-state index in [0.717, 1.165) is 19.3 Å². The van der Waals surface area contributed by atoms with E-state index in [2.05, 4.69) is 6.07 Å². The largest absolute Gasteiger partial charge is 0.300 e. The van der Waals surface area contributed by atoms with Gasteiger partial charge >= 0.3 is 0 Å². The van der Waals surface area contributed by atoms with Crippen LogP contribution in [0, 0.1) is 17.2 Å². The van der Waals surface area contributed by atoms with Gasteiger partial charge in [-0.25, -0.2) is 0 Å². The number of nitrogens with zero attached hydrogens (tertiary/aromatic N) is 1. The van der Waals surface area contributed by atoms with Crippen molar-refractivity contribution in [3.8, 4) is 6.07 Å². The molecule has 0 aromatic heterocycles. The zero-order chi connectivity index (χ0) is 7.40. The van der Waals surface area contributed by atoms with Crippen LogP contribution in [0.2, 0.25) is 0 Å². The van der Waals surface area contributed by atoms with Crippen LogP contribution in [0.15, 0.2) is 0 Å². The fourth-order valence-corrected chi connectivity index (χ4v) is 1.42. The zero-order valence-electron chi connectivity index (χ0n) is 5.97. The van der Waals surface area contributed by atoms with Crippen molar-refractivity contribution in [3.63, 3.8) is 0 Å². The van der Waals surface area contributed by atoms with Crippen molar-refractivity contribution in [2.45, 2.75) is 32.1 Å². The molecule has 1 rings (SSSR count). The van der Waals surface area contributed by atoms with E-state index in [1.165, 1.54) is 0 Å². The van der Waals surface area contributed by atoms with Gasteiger partial charge in [0.2, 0.25) is 0 Å². The lowest BCUT2D eigenvalue weighted by atomic mass is 9.87. The Kier molecular flexibility index (Phi) is 2.44. The molecule has 0 aromatic rings. The van der Waals surface area contributed by atoms with Crippen LogP contribution in [0.1, 0.15) is 32.1 Å². The number of rotatable bonds is 1. The molecule has 0 bridgehead atoms. The average molecular weight is 137 g/mol. The maximum absolute atomic E-state index is 10.8. The van der Waals surface area contributed by atoms with Gasteiger partial charge in [0.25, 0.3) is 0 Å². The highest BCUT2D eigenvalue weighted by Crippen LogP contribution is 2.23. The maximum Gasteiger partial charge on any atom is 0.133 e. The standard InChI is InChI=1S/C8H11NO/c9-5-4-7-2-1-3-8(10)6-7/h7H,1-4,6H2. The summed E-state index contributed by atoms with van der Waals surface area (Å²) in [5, 5.41) is 8.34. The number of carbonyl (C=O) groups is 1. The van der Waals surface area contributed by atoms with Gasteiger partial charge < -0.3 is 0 Å². The van der Waals surface area contributed by atoms with E-state index < -0.39 is 0 Å². The molecule has 1 fully saturated rings. The number of hydrogen-bond acceptors (Lipinski definition) is 2. The van der Waals surface area contributed by atoms with Crippen LogP contribution >= 0.6 is 0 Å². The monoisotopic (exact) mass is 137 g/mol. The van der Waals surface area contributed by atoms with Crippen LogP contribution in [0.4, 0.5) is 0 Å². The van der Waals surface area contributed by atoms with E-state index in [9.17, 15) is 4.79 Å². The lowest BCUT2D eigenvalue weighted by molar-refractivity contribution is -0.121. The smallest absolute Gasteiger partial charge is 0.133 e. The van der Waals surface area contributed by atoms with Gasteiger partial charge in [0.15, 0.2) is 0 Å². The molecule has 10 heavy (non-hydrogen) atoms. The first-order valence-corrected chi connectivity index (χ1v) is 3.71. The minimum absolute atomic E-state index is 0.339. The second kappa shape index (κ2) is 3.36. The summed E-state index contributed by atoms with van der Waals surface area (Å²) in [7, 11) is 0. The summed E-state index contributed by atoms with van der Waals surface area (Å²) in [4.78, 5) is 10.8. The first-order valence-electron chi connectivity index (χ1n) is 3.71. The van der Waals surface area contributed by atoms with Gasteiger partial charge in [-0.1, -0.05) is 0 Å².